The second-order valence-electron chi connectivity index (χ2n) is 4.03. The number of hydrogen-bond donors (Lipinski definition) is 4. The lowest BCUT2D eigenvalue weighted by Crippen LogP contribution is -2.29. The van der Waals surface area contributed by atoms with Crippen LogP contribution in [-0.2, 0) is 9.59 Å². The zero-order valence-electron chi connectivity index (χ0n) is 9.74. The predicted molar refractivity (Wildman–Crippen MR) is 64.6 cm³/mol. The number of benzene rings is 1. The third-order valence-electron chi connectivity index (χ3n) is 2.75. The van der Waals surface area contributed by atoms with Gasteiger partial charge in [0.05, 0.1) is 5.92 Å². The Labute approximate surface area is 104 Å². The van der Waals surface area contributed by atoms with Gasteiger partial charge in [-0.3, -0.25) is 9.59 Å². The molecular formula is C12H16N2O4. The van der Waals surface area contributed by atoms with Crippen molar-refractivity contribution in [2.24, 2.45) is 17.4 Å². The minimum Gasteiger partial charge on any atom is -0.508 e. The number of aromatic hydroxyl groups is 1. The Hall–Kier alpha value is -2.08. The van der Waals surface area contributed by atoms with Gasteiger partial charge in [-0.2, -0.15) is 0 Å². The monoisotopic (exact) mass is 252 g/mol. The fourth-order valence-electron chi connectivity index (χ4n) is 1.74. The van der Waals surface area contributed by atoms with Crippen molar-refractivity contribution in [1.29, 1.82) is 0 Å². The summed E-state index contributed by atoms with van der Waals surface area (Å²) >= 11 is 0. The average molecular weight is 252 g/mol. The molecule has 0 saturated carbocycles. The molecule has 18 heavy (non-hydrogen) atoms. The first-order valence-electron chi connectivity index (χ1n) is 5.48. The molecule has 1 aromatic rings. The molecule has 0 aliphatic carbocycles. The first kappa shape index (κ1) is 14.0. The summed E-state index contributed by atoms with van der Waals surface area (Å²) in [7, 11) is 0. The van der Waals surface area contributed by atoms with Crippen molar-refractivity contribution in [3.05, 3.63) is 29.8 Å². The van der Waals surface area contributed by atoms with Crippen molar-refractivity contribution < 1.29 is 19.8 Å². The van der Waals surface area contributed by atoms with Crippen molar-refractivity contribution in [2.45, 2.75) is 18.9 Å². The molecule has 1 rings (SSSR count). The summed E-state index contributed by atoms with van der Waals surface area (Å²) in [6.45, 7) is 0. The van der Waals surface area contributed by atoms with Gasteiger partial charge in [0, 0.05) is 18.0 Å². The molecule has 0 bridgehead atoms. The summed E-state index contributed by atoms with van der Waals surface area (Å²) in [4.78, 5) is 21.8. The highest BCUT2D eigenvalue weighted by Crippen LogP contribution is 2.29. The number of carbonyl (C=O) groups excluding carboxylic acids is 1. The quantitative estimate of drug-likeness (QED) is 0.581. The van der Waals surface area contributed by atoms with Gasteiger partial charge >= 0.3 is 5.97 Å². The van der Waals surface area contributed by atoms with Crippen molar-refractivity contribution in [2.75, 3.05) is 0 Å². The van der Waals surface area contributed by atoms with Gasteiger partial charge in [0.15, 0.2) is 0 Å². The lowest BCUT2D eigenvalue weighted by atomic mass is 9.89. The van der Waals surface area contributed by atoms with Gasteiger partial charge in [0.25, 0.3) is 0 Å². The third kappa shape index (κ3) is 3.46. The number of primary amides is 1. The van der Waals surface area contributed by atoms with E-state index in [-0.39, 0.29) is 18.6 Å². The second kappa shape index (κ2) is 6.02. The van der Waals surface area contributed by atoms with Crippen molar-refractivity contribution >= 4 is 11.9 Å². The largest absolute Gasteiger partial charge is 0.508 e. The summed E-state index contributed by atoms with van der Waals surface area (Å²) < 4.78 is 0. The number of nitrogens with two attached hydrogens (primary N) is 2. The summed E-state index contributed by atoms with van der Waals surface area (Å²) in [5, 5.41) is 18.7. The minimum atomic E-state index is -1.12. The number of aliphatic carboxylic acids is 1. The van der Waals surface area contributed by atoms with E-state index in [1.807, 2.05) is 0 Å². The lowest BCUT2D eigenvalue weighted by molar-refractivity contribution is -0.142. The van der Waals surface area contributed by atoms with Gasteiger partial charge in [-0.25, -0.2) is 0 Å². The molecule has 0 heterocycles. The Morgan fingerprint density at radius 2 is 1.89 bits per heavy atom. The van der Waals surface area contributed by atoms with E-state index in [0.29, 0.717) is 5.56 Å². The molecule has 0 aliphatic heterocycles. The molecular weight excluding hydrogens is 236 g/mol. The van der Waals surface area contributed by atoms with E-state index in [0.717, 1.165) is 0 Å². The van der Waals surface area contributed by atoms with Crippen LogP contribution in [0.15, 0.2) is 24.3 Å². The standard InChI is InChI=1S/C12H16N2O4/c13-10(16)6-5-8(12(17)18)11(14)7-3-1-2-4-9(7)15/h1-4,8,11,15H,5-6,14H2,(H2,13,16)(H,17,18). The Morgan fingerprint density at radius 3 is 2.39 bits per heavy atom. The summed E-state index contributed by atoms with van der Waals surface area (Å²) in [5.41, 5.74) is 11.2. The first-order chi connectivity index (χ1) is 8.43. The van der Waals surface area contributed by atoms with Crippen LogP contribution in [0.25, 0.3) is 0 Å². The summed E-state index contributed by atoms with van der Waals surface area (Å²) in [6, 6.07) is 5.37. The number of hydrogen-bond acceptors (Lipinski definition) is 4. The summed E-state index contributed by atoms with van der Waals surface area (Å²) in [5.74, 6) is -2.72. The van der Waals surface area contributed by atoms with Crippen LogP contribution in [0.1, 0.15) is 24.4 Å². The molecule has 0 fully saturated rings. The van der Waals surface area contributed by atoms with Gasteiger partial charge in [-0.15, -0.1) is 0 Å². The third-order valence-corrected chi connectivity index (χ3v) is 2.75. The molecule has 0 saturated heterocycles. The van der Waals surface area contributed by atoms with Crippen LogP contribution < -0.4 is 11.5 Å². The minimum absolute atomic E-state index is 0.0418. The zero-order valence-corrected chi connectivity index (χ0v) is 9.74. The molecule has 6 heteroatoms. The number of para-hydroxylation sites is 1. The highest BCUT2D eigenvalue weighted by atomic mass is 16.4. The van der Waals surface area contributed by atoms with E-state index >= 15 is 0 Å². The van der Waals surface area contributed by atoms with E-state index in [1.54, 1.807) is 18.2 Å². The van der Waals surface area contributed by atoms with Gasteiger partial charge in [-0.1, -0.05) is 18.2 Å². The van der Waals surface area contributed by atoms with Crippen LogP contribution in [0.3, 0.4) is 0 Å². The van der Waals surface area contributed by atoms with Crippen LogP contribution in [0.5, 0.6) is 5.75 Å². The Kier molecular flexibility index (Phi) is 4.67. The second-order valence-corrected chi connectivity index (χ2v) is 4.03. The van der Waals surface area contributed by atoms with E-state index in [1.165, 1.54) is 6.07 Å². The number of carboxylic acid groups (broad SMARTS) is 1. The molecule has 2 unspecified atom stereocenters. The van der Waals surface area contributed by atoms with Crippen LogP contribution in [0.2, 0.25) is 0 Å². The van der Waals surface area contributed by atoms with Crippen molar-refractivity contribution in [3.63, 3.8) is 0 Å². The molecule has 0 spiro atoms. The smallest absolute Gasteiger partial charge is 0.308 e. The molecule has 0 aliphatic rings. The SMILES string of the molecule is NC(=O)CCC(C(=O)O)C(N)c1ccccc1O. The number of rotatable bonds is 6. The Morgan fingerprint density at radius 1 is 1.28 bits per heavy atom. The number of carbonyl (C=O) groups is 2. The van der Waals surface area contributed by atoms with Crippen molar-refractivity contribution in [1.82, 2.24) is 0 Å². The van der Waals surface area contributed by atoms with Crippen LogP contribution in [0.4, 0.5) is 0 Å². The molecule has 1 amide bonds. The maximum Gasteiger partial charge on any atom is 0.308 e. The Balaban J connectivity index is 2.89. The lowest BCUT2D eigenvalue weighted by Gasteiger charge is -2.20. The molecule has 6 N–H and O–H groups in total. The molecule has 6 nitrogen and oxygen atoms in total. The topological polar surface area (TPSA) is 127 Å². The highest BCUT2D eigenvalue weighted by Gasteiger charge is 2.28. The van der Waals surface area contributed by atoms with Crippen LogP contribution >= 0.6 is 0 Å². The molecule has 0 aromatic heterocycles. The van der Waals surface area contributed by atoms with Crippen LogP contribution in [-0.4, -0.2) is 22.1 Å². The van der Waals surface area contributed by atoms with E-state index in [9.17, 15) is 14.7 Å². The van der Waals surface area contributed by atoms with E-state index in [4.69, 9.17) is 16.6 Å². The van der Waals surface area contributed by atoms with Gasteiger partial charge in [-0.05, 0) is 12.5 Å². The first-order valence-corrected chi connectivity index (χ1v) is 5.48. The van der Waals surface area contributed by atoms with E-state index in [2.05, 4.69) is 0 Å². The van der Waals surface area contributed by atoms with Gasteiger partial charge in [0.2, 0.25) is 5.91 Å². The number of phenols is 1. The number of amides is 1. The van der Waals surface area contributed by atoms with Crippen molar-refractivity contribution in [3.8, 4) is 5.75 Å². The zero-order chi connectivity index (χ0) is 13.7. The van der Waals surface area contributed by atoms with Gasteiger partial charge in [0.1, 0.15) is 5.75 Å². The maximum absolute atomic E-state index is 11.1. The maximum atomic E-state index is 11.1. The van der Waals surface area contributed by atoms with E-state index < -0.39 is 23.8 Å². The molecule has 98 valence electrons. The summed E-state index contributed by atoms with van der Waals surface area (Å²) in [6.07, 6.45) is -0.0154. The number of phenolic OH excluding ortho intramolecular Hbond substituents is 1. The highest BCUT2D eigenvalue weighted by molar-refractivity contribution is 5.76. The fourth-order valence-corrected chi connectivity index (χ4v) is 1.74. The van der Waals surface area contributed by atoms with Crippen LogP contribution in [0, 0.1) is 5.92 Å². The fraction of sp³-hybridized carbons (Fsp3) is 0.333. The Bertz CT molecular complexity index is 447. The predicted octanol–water partition coefficient (Wildman–Crippen LogP) is 0.358. The molecule has 1 aromatic carbocycles. The molecule has 2 atom stereocenters. The molecule has 0 radical (unpaired) electrons. The number of carboxylic acids is 1. The average Bonchev–Trinajstić information content (AvgIpc) is 2.28. The van der Waals surface area contributed by atoms with Gasteiger partial charge < -0.3 is 21.7 Å². The normalized spacial score (nSPS) is 13.8.